The number of carbonyl (C=O) groups is 3. The highest BCUT2D eigenvalue weighted by molar-refractivity contribution is 5.71. The molecule has 40 heavy (non-hydrogen) atoms. The number of aliphatic hydroxyl groups excluding tert-OH is 4. The van der Waals surface area contributed by atoms with Crippen molar-refractivity contribution in [2.75, 3.05) is 19.8 Å². The van der Waals surface area contributed by atoms with Crippen LogP contribution in [-0.4, -0.2) is 101 Å². The third-order valence-electron chi connectivity index (χ3n) is 6.64. The molecule has 12 heteroatoms. The molecule has 0 unspecified atom stereocenters. The summed E-state index contributed by atoms with van der Waals surface area (Å²) in [5, 5.41) is 38.9. The van der Waals surface area contributed by atoms with Crippen molar-refractivity contribution in [1.82, 2.24) is 0 Å². The van der Waals surface area contributed by atoms with Crippen LogP contribution in [0.3, 0.4) is 0 Å². The second-order valence-electron chi connectivity index (χ2n) is 10.2. The average Bonchev–Trinajstić information content (AvgIpc) is 2.92. The van der Waals surface area contributed by atoms with E-state index in [1.165, 1.54) is 0 Å². The number of ether oxygens (including phenoxy) is 5. The van der Waals surface area contributed by atoms with Crippen molar-refractivity contribution in [2.45, 2.75) is 141 Å². The predicted molar refractivity (Wildman–Crippen MR) is 143 cm³/mol. The molecule has 0 bridgehead atoms. The highest BCUT2D eigenvalue weighted by Crippen LogP contribution is 2.30. The van der Waals surface area contributed by atoms with E-state index in [9.17, 15) is 29.7 Å². The standard InChI is InChI=1S/C28H50O12/c1-4-6-8-10-12-14-23(34)39-26-25(37-19(3)31)22(17-30)38-28(36-18-21(33)20(32)16-29)27(26)40-24(35)15-13-11-9-7-5-2/h20-22,25-30,32-33H,4-18H2,1-3H3/t20-,21-,22-,25-,26+,27+,28-/m1/s1. The number of aliphatic hydroxyl groups is 4. The summed E-state index contributed by atoms with van der Waals surface area (Å²) < 4.78 is 28.1. The first kappa shape index (κ1) is 36.2. The Hall–Kier alpha value is -1.83. The second-order valence-corrected chi connectivity index (χ2v) is 10.2. The van der Waals surface area contributed by atoms with E-state index < -0.39 is 80.6 Å². The summed E-state index contributed by atoms with van der Waals surface area (Å²) in [5.41, 5.74) is 0. The third kappa shape index (κ3) is 13.7. The van der Waals surface area contributed by atoms with Crippen molar-refractivity contribution in [3.05, 3.63) is 0 Å². The van der Waals surface area contributed by atoms with Crippen molar-refractivity contribution >= 4 is 17.9 Å². The lowest BCUT2D eigenvalue weighted by Gasteiger charge is -2.44. The minimum atomic E-state index is -1.51. The van der Waals surface area contributed by atoms with Crippen LogP contribution in [0.1, 0.15) is 97.8 Å². The summed E-state index contributed by atoms with van der Waals surface area (Å²) in [6, 6.07) is 0. The lowest BCUT2D eigenvalue weighted by Crippen LogP contribution is -2.63. The summed E-state index contributed by atoms with van der Waals surface area (Å²) in [7, 11) is 0. The predicted octanol–water partition coefficient (Wildman–Crippen LogP) is 1.91. The molecule has 234 valence electrons. The fourth-order valence-corrected chi connectivity index (χ4v) is 4.35. The lowest BCUT2D eigenvalue weighted by molar-refractivity contribution is -0.312. The van der Waals surface area contributed by atoms with Gasteiger partial charge in [-0.15, -0.1) is 0 Å². The molecule has 1 saturated heterocycles. The molecule has 0 amide bonds. The largest absolute Gasteiger partial charge is 0.456 e. The van der Waals surface area contributed by atoms with Crippen LogP contribution in [0.5, 0.6) is 0 Å². The molecule has 0 radical (unpaired) electrons. The van der Waals surface area contributed by atoms with Gasteiger partial charge in [0.15, 0.2) is 24.6 Å². The number of unbranched alkanes of at least 4 members (excludes halogenated alkanes) is 8. The minimum Gasteiger partial charge on any atom is -0.456 e. The van der Waals surface area contributed by atoms with E-state index in [1.54, 1.807) is 0 Å². The Labute approximate surface area is 237 Å². The van der Waals surface area contributed by atoms with Gasteiger partial charge in [0.1, 0.15) is 18.3 Å². The summed E-state index contributed by atoms with van der Waals surface area (Å²) in [4.78, 5) is 37.6. The molecule has 0 spiro atoms. The molecule has 0 aromatic carbocycles. The molecule has 4 N–H and O–H groups in total. The number of hydrogen-bond acceptors (Lipinski definition) is 12. The van der Waals surface area contributed by atoms with E-state index in [0.717, 1.165) is 58.3 Å². The van der Waals surface area contributed by atoms with Crippen LogP contribution in [0.2, 0.25) is 0 Å². The summed E-state index contributed by atoms with van der Waals surface area (Å²) >= 11 is 0. The molecule has 0 aliphatic carbocycles. The van der Waals surface area contributed by atoms with E-state index in [4.69, 9.17) is 28.8 Å². The Morgan fingerprint density at radius 2 is 1.25 bits per heavy atom. The fourth-order valence-electron chi connectivity index (χ4n) is 4.35. The van der Waals surface area contributed by atoms with Gasteiger partial charge in [-0.25, -0.2) is 0 Å². The van der Waals surface area contributed by atoms with E-state index in [-0.39, 0.29) is 12.8 Å². The van der Waals surface area contributed by atoms with Gasteiger partial charge in [-0.3, -0.25) is 14.4 Å². The molecule has 1 fully saturated rings. The number of carbonyl (C=O) groups excluding carboxylic acids is 3. The van der Waals surface area contributed by atoms with E-state index in [0.29, 0.717) is 12.8 Å². The monoisotopic (exact) mass is 578 g/mol. The lowest BCUT2D eigenvalue weighted by atomic mass is 9.98. The average molecular weight is 579 g/mol. The van der Waals surface area contributed by atoms with Gasteiger partial charge in [0.25, 0.3) is 0 Å². The maximum Gasteiger partial charge on any atom is 0.306 e. The first-order chi connectivity index (χ1) is 19.2. The molecular weight excluding hydrogens is 528 g/mol. The first-order valence-electron chi connectivity index (χ1n) is 14.6. The highest BCUT2D eigenvalue weighted by Gasteiger charge is 2.52. The fraction of sp³-hybridized carbons (Fsp3) is 0.893. The van der Waals surface area contributed by atoms with Gasteiger partial charge in [0.2, 0.25) is 0 Å². The van der Waals surface area contributed by atoms with Crippen molar-refractivity contribution in [1.29, 1.82) is 0 Å². The van der Waals surface area contributed by atoms with Crippen molar-refractivity contribution in [3.8, 4) is 0 Å². The van der Waals surface area contributed by atoms with Gasteiger partial charge < -0.3 is 44.1 Å². The summed E-state index contributed by atoms with van der Waals surface area (Å²) in [5.74, 6) is -1.94. The Balaban J connectivity index is 3.15. The second kappa shape index (κ2) is 21.0. The van der Waals surface area contributed by atoms with Crippen molar-refractivity contribution in [3.63, 3.8) is 0 Å². The maximum atomic E-state index is 12.8. The number of hydrogen-bond donors (Lipinski definition) is 4. The molecule has 7 atom stereocenters. The molecule has 0 saturated carbocycles. The van der Waals surface area contributed by atoms with E-state index >= 15 is 0 Å². The van der Waals surface area contributed by atoms with Crippen molar-refractivity contribution in [2.24, 2.45) is 0 Å². The zero-order chi connectivity index (χ0) is 29.9. The molecule has 1 rings (SSSR count). The molecule has 1 aliphatic rings. The molecule has 1 heterocycles. The van der Waals surface area contributed by atoms with Crippen LogP contribution < -0.4 is 0 Å². The van der Waals surface area contributed by atoms with Gasteiger partial charge >= 0.3 is 17.9 Å². The van der Waals surface area contributed by atoms with Gasteiger partial charge in [-0.05, 0) is 12.8 Å². The first-order valence-corrected chi connectivity index (χ1v) is 14.6. The smallest absolute Gasteiger partial charge is 0.306 e. The zero-order valence-electron chi connectivity index (χ0n) is 24.2. The molecule has 0 aromatic heterocycles. The molecule has 1 aliphatic heterocycles. The van der Waals surface area contributed by atoms with Gasteiger partial charge in [-0.2, -0.15) is 0 Å². The maximum absolute atomic E-state index is 12.8. The van der Waals surface area contributed by atoms with Crippen LogP contribution in [0, 0.1) is 0 Å². The molecular formula is C28H50O12. The van der Waals surface area contributed by atoms with Crippen LogP contribution in [0.15, 0.2) is 0 Å². The van der Waals surface area contributed by atoms with Gasteiger partial charge in [0.05, 0.1) is 19.8 Å². The Morgan fingerprint density at radius 1 is 0.725 bits per heavy atom. The van der Waals surface area contributed by atoms with Gasteiger partial charge in [-0.1, -0.05) is 65.2 Å². The number of rotatable bonds is 21. The quantitative estimate of drug-likeness (QED) is 0.0885. The van der Waals surface area contributed by atoms with Crippen LogP contribution in [-0.2, 0) is 38.1 Å². The normalized spacial score (nSPS) is 24.2. The minimum absolute atomic E-state index is 0.0819. The molecule has 0 aromatic rings. The van der Waals surface area contributed by atoms with Crippen molar-refractivity contribution < 1.29 is 58.5 Å². The third-order valence-corrected chi connectivity index (χ3v) is 6.64. The van der Waals surface area contributed by atoms with Crippen LogP contribution in [0.4, 0.5) is 0 Å². The van der Waals surface area contributed by atoms with Gasteiger partial charge in [0, 0.05) is 19.8 Å². The Morgan fingerprint density at radius 3 is 1.73 bits per heavy atom. The van der Waals surface area contributed by atoms with Crippen LogP contribution >= 0.6 is 0 Å². The highest BCUT2D eigenvalue weighted by atomic mass is 16.7. The van der Waals surface area contributed by atoms with E-state index in [2.05, 4.69) is 13.8 Å². The molecule has 12 nitrogen and oxygen atoms in total. The summed E-state index contributed by atoms with van der Waals surface area (Å²) in [6.07, 6.45) is -0.618. The SMILES string of the molecule is CCCCCCCC(=O)O[C@@H]1[C@H](OC(=O)CCCCCCC)[C@H](OC[C@@H](O)[C@H](O)CO)O[C@H](CO)[C@H]1OC(C)=O. The number of esters is 3. The Bertz CT molecular complexity index is 717. The summed E-state index contributed by atoms with van der Waals surface area (Å²) in [6.45, 7) is 3.40. The van der Waals surface area contributed by atoms with E-state index in [1.807, 2.05) is 0 Å². The topological polar surface area (TPSA) is 178 Å². The van der Waals surface area contributed by atoms with Crippen LogP contribution in [0.25, 0.3) is 0 Å². The zero-order valence-corrected chi connectivity index (χ0v) is 24.2. The Kier molecular flexibility index (Phi) is 19.0.